The fraction of sp³-hybridized carbons (Fsp3) is 0.0909. The number of aliphatic hydroxyl groups is 1. The quantitative estimate of drug-likeness (QED) is 0.604. The van der Waals surface area contributed by atoms with Crippen LogP contribution in [0.1, 0.15) is 16.7 Å². The first kappa shape index (κ1) is 8.40. The van der Waals surface area contributed by atoms with Gasteiger partial charge in [0.05, 0.1) is 6.61 Å². The van der Waals surface area contributed by atoms with Gasteiger partial charge in [-0.05, 0) is 23.8 Å². The molecule has 0 atom stereocenters. The summed E-state index contributed by atoms with van der Waals surface area (Å²) in [6.45, 7) is -0.0375. The maximum absolute atomic E-state index is 8.84. The van der Waals surface area contributed by atoms with Crippen LogP contribution in [-0.2, 0) is 6.61 Å². The fourth-order valence-electron chi connectivity index (χ4n) is 0.950. The molecule has 0 saturated carbocycles. The molecule has 12 heavy (non-hydrogen) atoms. The molecule has 0 aliphatic rings. The van der Waals surface area contributed by atoms with Crippen molar-refractivity contribution >= 4 is 0 Å². The number of hydrogen-bond acceptors (Lipinski definition) is 1. The summed E-state index contributed by atoms with van der Waals surface area (Å²) in [5.41, 5.74) is 2.16. The topological polar surface area (TPSA) is 20.2 Å². The standard InChI is InChI=1S/C11H8O/c1-3-9-5-10(4-2)7-11(6-9)8-12/h1-2,5-7,12H,8H2. The first-order valence-corrected chi connectivity index (χ1v) is 3.48. The molecule has 58 valence electrons. The Morgan fingerprint density at radius 1 is 1.08 bits per heavy atom. The zero-order valence-corrected chi connectivity index (χ0v) is 6.54. The second-order valence-corrected chi connectivity index (χ2v) is 2.37. The monoisotopic (exact) mass is 156 g/mol. The molecule has 0 aromatic heterocycles. The van der Waals surface area contributed by atoms with Crippen LogP contribution < -0.4 is 0 Å². The third-order valence-corrected chi connectivity index (χ3v) is 1.51. The lowest BCUT2D eigenvalue weighted by molar-refractivity contribution is 0.282. The van der Waals surface area contributed by atoms with Gasteiger partial charge in [-0.2, -0.15) is 0 Å². The number of terminal acetylenes is 2. The minimum atomic E-state index is -0.0375. The van der Waals surface area contributed by atoms with Gasteiger partial charge < -0.3 is 5.11 Å². The molecule has 0 aliphatic carbocycles. The second kappa shape index (κ2) is 3.62. The molecular formula is C11H8O. The lowest BCUT2D eigenvalue weighted by atomic mass is 10.1. The summed E-state index contributed by atoms with van der Waals surface area (Å²) in [4.78, 5) is 0. The third-order valence-electron chi connectivity index (χ3n) is 1.51. The lowest BCUT2D eigenvalue weighted by Gasteiger charge is -1.98. The molecule has 0 heterocycles. The van der Waals surface area contributed by atoms with E-state index < -0.39 is 0 Å². The molecule has 1 rings (SSSR count). The number of aliphatic hydroxyl groups excluding tert-OH is 1. The van der Waals surface area contributed by atoms with E-state index in [1.807, 2.05) is 0 Å². The molecule has 0 aliphatic heterocycles. The summed E-state index contributed by atoms with van der Waals surface area (Å²) in [5.74, 6) is 4.94. The van der Waals surface area contributed by atoms with E-state index in [-0.39, 0.29) is 6.61 Å². The molecule has 0 unspecified atom stereocenters. The molecule has 1 nitrogen and oxygen atoms in total. The van der Waals surface area contributed by atoms with E-state index in [9.17, 15) is 0 Å². The smallest absolute Gasteiger partial charge is 0.0682 e. The Balaban J connectivity index is 3.24. The highest BCUT2D eigenvalue weighted by molar-refractivity contribution is 5.44. The molecule has 1 heteroatoms. The molecule has 0 fully saturated rings. The highest BCUT2D eigenvalue weighted by Crippen LogP contribution is 2.08. The van der Waals surface area contributed by atoms with Gasteiger partial charge in [-0.1, -0.05) is 11.8 Å². The normalized spacial score (nSPS) is 8.58. The van der Waals surface area contributed by atoms with Crippen LogP contribution >= 0.6 is 0 Å². The predicted molar refractivity (Wildman–Crippen MR) is 48.2 cm³/mol. The number of benzene rings is 1. The summed E-state index contributed by atoms with van der Waals surface area (Å²) in [6.07, 6.45) is 10.4. The Kier molecular flexibility index (Phi) is 2.53. The zero-order valence-electron chi connectivity index (χ0n) is 6.54. The average molecular weight is 156 g/mol. The van der Waals surface area contributed by atoms with Crippen molar-refractivity contribution < 1.29 is 5.11 Å². The molecule has 1 N–H and O–H groups in total. The first-order valence-electron chi connectivity index (χ1n) is 3.48. The maximum Gasteiger partial charge on any atom is 0.0682 e. The zero-order chi connectivity index (χ0) is 8.97. The molecule has 1 aromatic carbocycles. The van der Waals surface area contributed by atoms with E-state index in [2.05, 4.69) is 11.8 Å². The van der Waals surface area contributed by atoms with Crippen LogP contribution in [0.15, 0.2) is 18.2 Å². The van der Waals surface area contributed by atoms with Gasteiger partial charge in [0.25, 0.3) is 0 Å². The van der Waals surface area contributed by atoms with Crippen molar-refractivity contribution in [1.29, 1.82) is 0 Å². The summed E-state index contributed by atoms with van der Waals surface area (Å²) in [5, 5.41) is 8.84. The second-order valence-electron chi connectivity index (χ2n) is 2.37. The SMILES string of the molecule is C#Cc1cc(C#C)cc(CO)c1. The van der Waals surface area contributed by atoms with E-state index in [1.165, 1.54) is 0 Å². The van der Waals surface area contributed by atoms with Gasteiger partial charge in [0.15, 0.2) is 0 Å². The summed E-state index contributed by atoms with van der Waals surface area (Å²) in [6, 6.07) is 5.21. The minimum absolute atomic E-state index is 0.0375. The third kappa shape index (κ3) is 1.66. The maximum atomic E-state index is 8.84. The van der Waals surface area contributed by atoms with Gasteiger partial charge in [0, 0.05) is 11.1 Å². The van der Waals surface area contributed by atoms with Gasteiger partial charge in [-0.15, -0.1) is 12.8 Å². The predicted octanol–water partition coefficient (Wildman–Crippen LogP) is 1.14. The Morgan fingerprint density at radius 2 is 1.58 bits per heavy atom. The Morgan fingerprint density at radius 3 is 1.92 bits per heavy atom. The minimum Gasteiger partial charge on any atom is -0.392 e. The highest BCUT2D eigenvalue weighted by atomic mass is 16.3. The molecule has 0 bridgehead atoms. The average Bonchev–Trinajstić information content (AvgIpc) is 2.16. The summed E-state index contributed by atoms with van der Waals surface area (Å²) in [7, 11) is 0. The van der Waals surface area contributed by atoms with Crippen molar-refractivity contribution in [2.75, 3.05) is 0 Å². The van der Waals surface area contributed by atoms with Gasteiger partial charge in [-0.3, -0.25) is 0 Å². The Bertz CT molecular complexity index is 331. The Labute approximate surface area is 72.0 Å². The summed E-state index contributed by atoms with van der Waals surface area (Å²) >= 11 is 0. The van der Waals surface area contributed by atoms with Crippen LogP contribution in [0.3, 0.4) is 0 Å². The van der Waals surface area contributed by atoms with Crippen molar-refractivity contribution in [3.63, 3.8) is 0 Å². The fourth-order valence-corrected chi connectivity index (χ4v) is 0.950. The van der Waals surface area contributed by atoms with Crippen LogP contribution in [0, 0.1) is 24.7 Å². The van der Waals surface area contributed by atoms with Crippen molar-refractivity contribution in [1.82, 2.24) is 0 Å². The van der Waals surface area contributed by atoms with Gasteiger partial charge >= 0.3 is 0 Å². The molecular weight excluding hydrogens is 148 g/mol. The molecule has 0 spiro atoms. The summed E-state index contributed by atoms with van der Waals surface area (Å²) < 4.78 is 0. The van der Waals surface area contributed by atoms with Crippen molar-refractivity contribution in [2.45, 2.75) is 6.61 Å². The molecule has 0 radical (unpaired) electrons. The van der Waals surface area contributed by atoms with E-state index in [1.54, 1.807) is 18.2 Å². The largest absolute Gasteiger partial charge is 0.392 e. The molecule has 1 aromatic rings. The van der Waals surface area contributed by atoms with Crippen LogP contribution in [0.4, 0.5) is 0 Å². The van der Waals surface area contributed by atoms with E-state index in [0.29, 0.717) is 11.1 Å². The highest BCUT2D eigenvalue weighted by Gasteiger charge is 1.95. The lowest BCUT2D eigenvalue weighted by Crippen LogP contribution is -1.87. The van der Waals surface area contributed by atoms with Crippen LogP contribution in [0.25, 0.3) is 0 Å². The van der Waals surface area contributed by atoms with Crippen LogP contribution in [0.2, 0.25) is 0 Å². The first-order chi connectivity index (χ1) is 5.80. The van der Waals surface area contributed by atoms with Gasteiger partial charge in [0.1, 0.15) is 0 Å². The van der Waals surface area contributed by atoms with Gasteiger partial charge in [0.2, 0.25) is 0 Å². The van der Waals surface area contributed by atoms with E-state index >= 15 is 0 Å². The van der Waals surface area contributed by atoms with Crippen molar-refractivity contribution in [2.24, 2.45) is 0 Å². The van der Waals surface area contributed by atoms with E-state index in [4.69, 9.17) is 18.0 Å². The number of hydrogen-bond donors (Lipinski definition) is 1. The van der Waals surface area contributed by atoms with Crippen LogP contribution in [-0.4, -0.2) is 5.11 Å². The molecule has 0 saturated heterocycles. The van der Waals surface area contributed by atoms with Crippen molar-refractivity contribution in [3.05, 3.63) is 34.9 Å². The number of rotatable bonds is 1. The Hall–Kier alpha value is -1.70. The van der Waals surface area contributed by atoms with Crippen LogP contribution in [0.5, 0.6) is 0 Å². The molecule has 0 amide bonds. The van der Waals surface area contributed by atoms with Crippen molar-refractivity contribution in [3.8, 4) is 24.7 Å². The van der Waals surface area contributed by atoms with Gasteiger partial charge in [-0.25, -0.2) is 0 Å². The van der Waals surface area contributed by atoms with E-state index in [0.717, 1.165) is 5.56 Å².